The maximum atomic E-state index is 12.6. The summed E-state index contributed by atoms with van der Waals surface area (Å²) in [6.07, 6.45) is 0.164. The second-order valence-electron chi connectivity index (χ2n) is 8.78. The fourth-order valence-electron chi connectivity index (χ4n) is 3.66. The molecule has 1 atom stereocenters. The van der Waals surface area contributed by atoms with Crippen molar-refractivity contribution in [3.8, 4) is 5.75 Å². The second-order valence-corrected chi connectivity index (χ2v) is 8.78. The summed E-state index contributed by atoms with van der Waals surface area (Å²) in [5, 5.41) is 32.8. The van der Waals surface area contributed by atoms with Crippen molar-refractivity contribution < 1.29 is 24.9 Å². The van der Waals surface area contributed by atoms with Crippen molar-refractivity contribution >= 4 is 5.91 Å². The molecule has 2 aromatic rings. The van der Waals surface area contributed by atoms with Gasteiger partial charge >= 0.3 is 0 Å². The van der Waals surface area contributed by atoms with E-state index in [-0.39, 0.29) is 29.4 Å². The molecule has 0 spiro atoms. The topological polar surface area (TPSA) is 115 Å². The molecule has 0 saturated carbocycles. The third-order valence-electron chi connectivity index (χ3n) is 5.53. The molecule has 182 valence electrons. The minimum Gasteiger partial charge on any atom is -0.506 e. The number of pyridine rings is 1. The van der Waals surface area contributed by atoms with Crippen molar-refractivity contribution in [2.75, 3.05) is 33.4 Å². The van der Waals surface area contributed by atoms with Gasteiger partial charge in [-0.2, -0.15) is 0 Å². The molecule has 1 amide bonds. The van der Waals surface area contributed by atoms with Gasteiger partial charge in [-0.05, 0) is 50.5 Å². The molecule has 4 N–H and O–H groups in total. The molecule has 1 aromatic carbocycles. The Kier molecular flexibility index (Phi) is 10.2. The zero-order valence-electron chi connectivity index (χ0n) is 20.0. The molecule has 8 heteroatoms. The lowest BCUT2D eigenvalue weighted by Crippen LogP contribution is -2.43. The van der Waals surface area contributed by atoms with Gasteiger partial charge in [0.2, 0.25) is 5.91 Å². The first kappa shape index (κ1) is 26.7. The van der Waals surface area contributed by atoms with Crippen molar-refractivity contribution in [2.24, 2.45) is 0 Å². The Hall–Kier alpha value is -2.52. The quantitative estimate of drug-likeness (QED) is 0.362. The number of rotatable bonds is 13. The summed E-state index contributed by atoms with van der Waals surface area (Å²) in [5.41, 5.74) is 2.26. The number of amides is 1. The third kappa shape index (κ3) is 8.40. The lowest BCUT2D eigenvalue weighted by molar-refractivity contribution is -0.130. The number of aromatic hydroxyl groups is 1. The number of carbonyl (C=O) groups excluding carboxylic acids is 1. The van der Waals surface area contributed by atoms with Gasteiger partial charge in [0.25, 0.3) is 0 Å². The molecule has 0 aliphatic rings. The van der Waals surface area contributed by atoms with Crippen LogP contribution in [0.1, 0.15) is 49.4 Å². The molecule has 0 radical (unpaired) electrons. The molecular formula is C25H37N3O5. The number of aliphatic hydroxyl groups excluding tert-OH is 2. The molecule has 0 fully saturated rings. The number of ether oxygens (including phenoxy) is 1. The van der Waals surface area contributed by atoms with Crippen LogP contribution in [0.25, 0.3) is 0 Å². The lowest BCUT2D eigenvalue weighted by atomic mass is 9.93. The zero-order valence-corrected chi connectivity index (χ0v) is 20.0. The molecule has 0 bridgehead atoms. The van der Waals surface area contributed by atoms with Crippen LogP contribution in [0.15, 0.2) is 36.4 Å². The first-order valence-electron chi connectivity index (χ1n) is 11.3. The van der Waals surface area contributed by atoms with Gasteiger partial charge < -0.3 is 30.3 Å². The third-order valence-corrected chi connectivity index (χ3v) is 5.53. The number of hydrogen-bond donors (Lipinski definition) is 4. The molecule has 1 unspecified atom stereocenters. The summed E-state index contributed by atoms with van der Waals surface area (Å²) >= 11 is 0. The van der Waals surface area contributed by atoms with Crippen LogP contribution in [0.3, 0.4) is 0 Å². The monoisotopic (exact) mass is 459 g/mol. The molecule has 2 rings (SSSR count). The van der Waals surface area contributed by atoms with Gasteiger partial charge in [0, 0.05) is 32.3 Å². The Morgan fingerprint density at radius 1 is 1.24 bits per heavy atom. The predicted molar refractivity (Wildman–Crippen MR) is 127 cm³/mol. The van der Waals surface area contributed by atoms with Crippen LogP contribution in [0, 0.1) is 0 Å². The first-order valence-corrected chi connectivity index (χ1v) is 11.3. The lowest BCUT2D eigenvalue weighted by Gasteiger charge is -2.28. The summed E-state index contributed by atoms with van der Waals surface area (Å²) in [6.45, 7) is 7.68. The maximum Gasteiger partial charge on any atom is 0.227 e. The number of methoxy groups -OCH3 is 1. The van der Waals surface area contributed by atoms with Crippen molar-refractivity contribution in [1.82, 2.24) is 15.2 Å². The van der Waals surface area contributed by atoms with E-state index in [1.165, 1.54) is 6.07 Å². The van der Waals surface area contributed by atoms with Gasteiger partial charge in [-0.1, -0.05) is 24.3 Å². The normalized spacial score (nSPS) is 12.5. The van der Waals surface area contributed by atoms with Gasteiger partial charge in [0.05, 0.1) is 25.3 Å². The van der Waals surface area contributed by atoms with Crippen LogP contribution >= 0.6 is 0 Å². The number of β-amino-alcohol motifs (C(OH)–C–C–N with tert-alkyl or cyclic N) is 1. The minimum atomic E-state index is -0.883. The summed E-state index contributed by atoms with van der Waals surface area (Å²) < 4.78 is 5.09. The van der Waals surface area contributed by atoms with Crippen molar-refractivity contribution in [1.29, 1.82) is 0 Å². The van der Waals surface area contributed by atoms with E-state index in [1.54, 1.807) is 18.1 Å². The Morgan fingerprint density at radius 3 is 2.64 bits per heavy atom. The van der Waals surface area contributed by atoms with Crippen molar-refractivity contribution in [3.63, 3.8) is 0 Å². The van der Waals surface area contributed by atoms with Crippen LogP contribution in [0.2, 0.25) is 0 Å². The highest BCUT2D eigenvalue weighted by Gasteiger charge is 2.21. The van der Waals surface area contributed by atoms with E-state index in [0.717, 1.165) is 11.1 Å². The van der Waals surface area contributed by atoms with Crippen molar-refractivity contribution in [3.05, 3.63) is 58.9 Å². The van der Waals surface area contributed by atoms with E-state index in [1.807, 2.05) is 39.0 Å². The average Bonchev–Trinajstić information content (AvgIpc) is 2.78. The largest absolute Gasteiger partial charge is 0.506 e. The van der Waals surface area contributed by atoms with Gasteiger partial charge in [-0.3, -0.25) is 4.79 Å². The van der Waals surface area contributed by atoms with Crippen LogP contribution in [-0.4, -0.2) is 70.0 Å². The summed E-state index contributed by atoms with van der Waals surface area (Å²) in [5.74, 6) is -0.0169. The number of nitrogens with zero attached hydrogens (tertiary/aromatic N) is 2. The molecule has 1 aromatic heterocycles. The highest BCUT2D eigenvalue weighted by Crippen LogP contribution is 2.20. The van der Waals surface area contributed by atoms with E-state index in [2.05, 4.69) is 16.4 Å². The fourth-order valence-corrected chi connectivity index (χ4v) is 3.66. The summed E-state index contributed by atoms with van der Waals surface area (Å²) in [6, 6.07) is 11.0. The molecule has 0 aliphatic carbocycles. The van der Waals surface area contributed by atoms with E-state index in [4.69, 9.17) is 4.74 Å². The predicted octanol–water partition coefficient (Wildman–Crippen LogP) is 1.96. The number of aliphatic hydroxyl groups is 2. The van der Waals surface area contributed by atoms with Gasteiger partial charge in [0.15, 0.2) is 0 Å². The Morgan fingerprint density at radius 2 is 1.97 bits per heavy atom. The SMILES string of the molecule is CCN(CCOC)C(=O)Cc1cccc(CC(C)(C)NCC(O)c2ccc(O)c(CO)n2)c1. The zero-order chi connectivity index (χ0) is 24.4. The molecule has 0 saturated heterocycles. The fraction of sp³-hybridized carbons (Fsp3) is 0.520. The van der Waals surface area contributed by atoms with E-state index >= 15 is 0 Å². The van der Waals surface area contributed by atoms with E-state index < -0.39 is 12.7 Å². The van der Waals surface area contributed by atoms with E-state index in [9.17, 15) is 20.1 Å². The number of carbonyl (C=O) groups is 1. The summed E-state index contributed by atoms with van der Waals surface area (Å²) in [4.78, 5) is 18.5. The van der Waals surface area contributed by atoms with Crippen LogP contribution in [0.4, 0.5) is 0 Å². The molecule has 0 aliphatic heterocycles. The molecule has 33 heavy (non-hydrogen) atoms. The van der Waals surface area contributed by atoms with Crippen LogP contribution in [0.5, 0.6) is 5.75 Å². The number of aromatic nitrogens is 1. The standard InChI is InChI=1S/C25H37N3O5/c1-5-28(11-12-33-4)24(32)14-18-7-6-8-19(13-18)15-25(2,3)26-16-23(31)20-9-10-22(30)21(17-29)27-20/h6-10,13,23,26,29-31H,5,11-12,14-17H2,1-4H3. The Bertz CT molecular complexity index is 903. The minimum absolute atomic E-state index is 0.0795. The smallest absolute Gasteiger partial charge is 0.227 e. The first-order chi connectivity index (χ1) is 15.7. The van der Waals surface area contributed by atoms with Gasteiger partial charge in [0.1, 0.15) is 17.5 Å². The molecular weight excluding hydrogens is 422 g/mol. The highest BCUT2D eigenvalue weighted by atomic mass is 16.5. The average molecular weight is 460 g/mol. The molecule has 8 nitrogen and oxygen atoms in total. The number of nitrogens with one attached hydrogen (secondary N) is 1. The van der Waals surface area contributed by atoms with Crippen LogP contribution in [-0.2, 0) is 29.0 Å². The van der Waals surface area contributed by atoms with Gasteiger partial charge in [-0.25, -0.2) is 4.98 Å². The maximum absolute atomic E-state index is 12.6. The number of likely N-dealkylation sites (N-methyl/N-ethyl adjacent to an activating group) is 1. The van der Waals surface area contributed by atoms with Gasteiger partial charge in [-0.15, -0.1) is 0 Å². The van der Waals surface area contributed by atoms with Crippen LogP contribution < -0.4 is 5.32 Å². The second kappa shape index (κ2) is 12.6. The van der Waals surface area contributed by atoms with E-state index in [0.29, 0.717) is 38.2 Å². The molecule has 1 heterocycles. The Labute approximate surface area is 196 Å². The number of hydrogen-bond acceptors (Lipinski definition) is 7. The highest BCUT2D eigenvalue weighted by molar-refractivity contribution is 5.78. The van der Waals surface area contributed by atoms with Crippen molar-refractivity contribution in [2.45, 2.75) is 51.9 Å². The number of benzene rings is 1. The summed E-state index contributed by atoms with van der Waals surface area (Å²) in [7, 11) is 1.63. The Balaban J connectivity index is 1.96.